The fourth-order valence-corrected chi connectivity index (χ4v) is 2.32. The average Bonchev–Trinajstić information content (AvgIpc) is 2.66. The molecule has 0 aliphatic heterocycles. The van der Waals surface area contributed by atoms with Crippen molar-refractivity contribution in [3.63, 3.8) is 0 Å². The maximum absolute atomic E-state index is 13.9. The largest absolute Gasteiger partial charge is 0.369 e. The van der Waals surface area contributed by atoms with Crippen LogP contribution in [0.15, 0.2) is 30.3 Å². The molecule has 0 aliphatic carbocycles. The number of nitrogens with two attached hydrogens (primary N) is 1. The number of hydrogen-bond donors (Lipinski definition) is 1. The Morgan fingerprint density at radius 1 is 1.05 bits per heavy atom. The SMILES string of the molecule is Nc1nc2cc(Cl)c(Cl)cc2n1-c1ccc(F)cc1F. The number of nitrogens with zero attached hydrogens (tertiary/aromatic N) is 2. The third kappa shape index (κ3) is 1.99. The van der Waals surface area contributed by atoms with Gasteiger partial charge in [-0.05, 0) is 24.3 Å². The van der Waals surface area contributed by atoms with Crippen LogP contribution in [0, 0.1) is 11.6 Å². The second kappa shape index (κ2) is 4.61. The maximum Gasteiger partial charge on any atom is 0.206 e. The molecule has 0 fully saturated rings. The molecule has 0 bridgehead atoms. The Kier molecular flexibility index (Phi) is 3.03. The molecule has 1 heterocycles. The van der Waals surface area contributed by atoms with E-state index in [1.54, 1.807) is 0 Å². The van der Waals surface area contributed by atoms with Gasteiger partial charge in [0.05, 0.1) is 26.8 Å². The van der Waals surface area contributed by atoms with E-state index in [1.807, 2.05) is 0 Å². The highest BCUT2D eigenvalue weighted by molar-refractivity contribution is 6.42. The fraction of sp³-hybridized carbons (Fsp3) is 0. The van der Waals surface area contributed by atoms with E-state index in [0.29, 0.717) is 21.1 Å². The minimum atomic E-state index is -0.748. The topological polar surface area (TPSA) is 43.8 Å². The first-order valence-corrected chi connectivity index (χ1v) is 6.31. The van der Waals surface area contributed by atoms with Crippen LogP contribution in [0.25, 0.3) is 16.7 Å². The number of rotatable bonds is 1. The molecule has 0 unspecified atom stereocenters. The van der Waals surface area contributed by atoms with E-state index < -0.39 is 11.6 Å². The third-order valence-corrected chi connectivity index (χ3v) is 3.60. The van der Waals surface area contributed by atoms with Crippen molar-refractivity contribution in [2.75, 3.05) is 5.73 Å². The molecule has 3 aromatic rings. The molecule has 0 amide bonds. The summed E-state index contributed by atoms with van der Waals surface area (Å²) in [5, 5.41) is 0.617. The van der Waals surface area contributed by atoms with Crippen molar-refractivity contribution >= 4 is 40.2 Å². The number of imidazole rings is 1. The Labute approximate surface area is 122 Å². The summed E-state index contributed by atoms with van der Waals surface area (Å²) in [5.74, 6) is -1.36. The molecule has 2 N–H and O–H groups in total. The summed E-state index contributed by atoms with van der Waals surface area (Å²) in [6, 6.07) is 6.27. The minimum absolute atomic E-state index is 0.0591. The quantitative estimate of drug-likeness (QED) is 0.732. The first-order chi connectivity index (χ1) is 9.47. The minimum Gasteiger partial charge on any atom is -0.369 e. The Bertz CT molecular complexity index is 830. The summed E-state index contributed by atoms with van der Waals surface area (Å²) >= 11 is 11.9. The first kappa shape index (κ1) is 13.1. The Balaban J connectivity index is 2.35. The van der Waals surface area contributed by atoms with Gasteiger partial charge in [-0.2, -0.15) is 0 Å². The lowest BCUT2D eigenvalue weighted by Crippen LogP contribution is -2.03. The molecule has 2 aromatic carbocycles. The van der Waals surface area contributed by atoms with E-state index >= 15 is 0 Å². The van der Waals surface area contributed by atoms with Crippen LogP contribution in [0.5, 0.6) is 0 Å². The predicted molar refractivity (Wildman–Crippen MR) is 75.4 cm³/mol. The summed E-state index contributed by atoms with van der Waals surface area (Å²) < 4.78 is 28.2. The molecule has 0 radical (unpaired) electrons. The Morgan fingerprint density at radius 2 is 1.75 bits per heavy atom. The van der Waals surface area contributed by atoms with Crippen molar-refractivity contribution < 1.29 is 8.78 Å². The van der Waals surface area contributed by atoms with Crippen LogP contribution in [0.3, 0.4) is 0 Å². The van der Waals surface area contributed by atoms with Gasteiger partial charge in [-0.1, -0.05) is 23.2 Å². The van der Waals surface area contributed by atoms with Gasteiger partial charge in [0.15, 0.2) is 0 Å². The number of fused-ring (bicyclic) bond motifs is 1. The van der Waals surface area contributed by atoms with Crippen LogP contribution in [-0.4, -0.2) is 9.55 Å². The zero-order valence-corrected chi connectivity index (χ0v) is 11.4. The molecule has 102 valence electrons. The van der Waals surface area contributed by atoms with Crippen LogP contribution in [-0.2, 0) is 0 Å². The normalized spacial score (nSPS) is 11.2. The number of nitrogen functional groups attached to an aromatic ring is 1. The summed E-state index contributed by atoms with van der Waals surface area (Å²) in [6.07, 6.45) is 0. The lowest BCUT2D eigenvalue weighted by molar-refractivity contribution is 0.579. The monoisotopic (exact) mass is 313 g/mol. The van der Waals surface area contributed by atoms with Gasteiger partial charge < -0.3 is 5.73 Å². The van der Waals surface area contributed by atoms with Crippen molar-refractivity contribution in [3.05, 3.63) is 52.0 Å². The molecule has 0 saturated heterocycles. The zero-order valence-electron chi connectivity index (χ0n) is 9.87. The lowest BCUT2D eigenvalue weighted by Gasteiger charge is -2.08. The summed E-state index contributed by atoms with van der Waals surface area (Å²) in [6.45, 7) is 0. The van der Waals surface area contributed by atoms with Gasteiger partial charge in [-0.25, -0.2) is 13.8 Å². The highest BCUT2D eigenvalue weighted by Crippen LogP contribution is 2.31. The van der Waals surface area contributed by atoms with Crippen molar-refractivity contribution in [3.8, 4) is 5.69 Å². The van der Waals surface area contributed by atoms with E-state index in [9.17, 15) is 8.78 Å². The van der Waals surface area contributed by atoms with Crippen LogP contribution in [0.4, 0.5) is 14.7 Å². The molecule has 3 nitrogen and oxygen atoms in total. The number of anilines is 1. The third-order valence-electron chi connectivity index (χ3n) is 2.87. The van der Waals surface area contributed by atoms with E-state index in [2.05, 4.69) is 4.98 Å². The van der Waals surface area contributed by atoms with Gasteiger partial charge in [0.25, 0.3) is 0 Å². The van der Waals surface area contributed by atoms with E-state index in [-0.39, 0.29) is 11.6 Å². The number of benzene rings is 2. The van der Waals surface area contributed by atoms with Crippen molar-refractivity contribution in [1.82, 2.24) is 9.55 Å². The van der Waals surface area contributed by atoms with Gasteiger partial charge in [0, 0.05) is 6.07 Å². The molecule has 0 spiro atoms. The molecular weight excluding hydrogens is 307 g/mol. The number of aromatic nitrogens is 2. The highest BCUT2D eigenvalue weighted by Gasteiger charge is 2.15. The molecule has 7 heteroatoms. The number of hydrogen-bond acceptors (Lipinski definition) is 2. The Morgan fingerprint density at radius 3 is 2.45 bits per heavy atom. The van der Waals surface area contributed by atoms with Gasteiger partial charge >= 0.3 is 0 Å². The van der Waals surface area contributed by atoms with Crippen LogP contribution in [0.1, 0.15) is 0 Å². The van der Waals surface area contributed by atoms with Crippen molar-refractivity contribution in [2.45, 2.75) is 0 Å². The number of halogens is 4. The standard InChI is InChI=1S/C13H7Cl2F2N3/c14-7-4-10-12(5-8(7)15)20(13(18)19-10)11-2-1-6(16)3-9(11)17/h1-5H,(H2,18,19). The zero-order chi connectivity index (χ0) is 14.4. The van der Waals surface area contributed by atoms with Crippen molar-refractivity contribution in [2.24, 2.45) is 0 Å². The highest BCUT2D eigenvalue weighted by atomic mass is 35.5. The molecule has 0 atom stereocenters. The molecule has 3 rings (SSSR count). The maximum atomic E-state index is 13.9. The van der Waals surface area contributed by atoms with E-state index in [1.165, 1.54) is 22.8 Å². The molecule has 0 aliphatic rings. The summed E-state index contributed by atoms with van der Waals surface area (Å²) in [7, 11) is 0. The molecule has 0 saturated carbocycles. The lowest BCUT2D eigenvalue weighted by atomic mass is 10.2. The second-order valence-corrected chi connectivity index (χ2v) is 4.97. The average molecular weight is 314 g/mol. The molecule has 1 aromatic heterocycles. The van der Waals surface area contributed by atoms with Gasteiger partial charge in [-0.15, -0.1) is 0 Å². The van der Waals surface area contributed by atoms with Gasteiger partial charge in [0.1, 0.15) is 11.6 Å². The molecule has 20 heavy (non-hydrogen) atoms. The van der Waals surface area contributed by atoms with E-state index in [4.69, 9.17) is 28.9 Å². The van der Waals surface area contributed by atoms with Gasteiger partial charge in [0.2, 0.25) is 5.95 Å². The van der Waals surface area contributed by atoms with Crippen LogP contribution < -0.4 is 5.73 Å². The van der Waals surface area contributed by atoms with Gasteiger partial charge in [-0.3, -0.25) is 4.57 Å². The van der Waals surface area contributed by atoms with Crippen molar-refractivity contribution in [1.29, 1.82) is 0 Å². The second-order valence-electron chi connectivity index (χ2n) is 4.16. The molecular formula is C13H7Cl2F2N3. The van der Waals surface area contributed by atoms with Crippen LogP contribution in [0.2, 0.25) is 10.0 Å². The predicted octanol–water partition coefficient (Wildman–Crippen LogP) is 4.19. The summed E-state index contributed by atoms with van der Waals surface area (Å²) in [4.78, 5) is 4.09. The smallest absolute Gasteiger partial charge is 0.206 e. The summed E-state index contributed by atoms with van der Waals surface area (Å²) in [5.41, 5.74) is 6.85. The Hall–Kier alpha value is -1.85. The van der Waals surface area contributed by atoms with E-state index in [0.717, 1.165) is 12.1 Å². The van der Waals surface area contributed by atoms with Crippen LogP contribution >= 0.6 is 23.2 Å². The fourth-order valence-electron chi connectivity index (χ4n) is 2.01. The first-order valence-electron chi connectivity index (χ1n) is 5.56.